The summed E-state index contributed by atoms with van der Waals surface area (Å²) in [4.78, 5) is 16.0. The number of amides is 1. The smallest absolute Gasteiger partial charge is 0.272 e. The van der Waals surface area contributed by atoms with Gasteiger partial charge in [0.1, 0.15) is 11.5 Å². The van der Waals surface area contributed by atoms with Gasteiger partial charge in [0.25, 0.3) is 5.91 Å². The molecule has 3 heterocycles. The highest BCUT2D eigenvalue weighted by atomic mass is 79.9. The van der Waals surface area contributed by atoms with Crippen molar-refractivity contribution < 1.29 is 9.21 Å². The van der Waals surface area contributed by atoms with E-state index in [0.717, 1.165) is 14.9 Å². The molecular formula is C20H16BrN5O2S. The molecule has 0 radical (unpaired) electrons. The van der Waals surface area contributed by atoms with Crippen molar-refractivity contribution in [1.29, 1.82) is 0 Å². The predicted octanol–water partition coefficient (Wildman–Crippen LogP) is 4.41. The van der Waals surface area contributed by atoms with Gasteiger partial charge in [-0.3, -0.25) is 4.79 Å². The zero-order valence-electron chi connectivity index (χ0n) is 15.4. The normalized spacial score (nSPS) is 11.6. The molecule has 9 heteroatoms. The summed E-state index contributed by atoms with van der Waals surface area (Å²) in [7, 11) is 1.75. The first kappa shape index (κ1) is 19.3. The molecule has 0 spiro atoms. The summed E-state index contributed by atoms with van der Waals surface area (Å²) >= 11 is 5.03. The van der Waals surface area contributed by atoms with Gasteiger partial charge < -0.3 is 9.32 Å². The lowest BCUT2D eigenvalue weighted by molar-refractivity contribution is -0.124. The molecule has 29 heavy (non-hydrogen) atoms. The summed E-state index contributed by atoms with van der Waals surface area (Å²) in [5.74, 6) is 0.787. The second-order valence-corrected chi connectivity index (χ2v) is 8.13. The predicted molar refractivity (Wildman–Crippen MR) is 115 cm³/mol. The molecule has 4 rings (SSSR count). The van der Waals surface area contributed by atoms with Gasteiger partial charge in [-0.25, -0.2) is 0 Å². The lowest BCUT2D eigenvalue weighted by Gasteiger charge is -2.18. The fraction of sp³-hybridized carbons (Fsp3) is 0.100. The van der Waals surface area contributed by atoms with E-state index in [9.17, 15) is 4.79 Å². The number of likely N-dealkylation sites (N-methyl/N-ethyl adjacent to an activating group) is 1. The standard InChI is InChI=1S/C20H16BrN5O2S/c1-25(12-17-10-15(21)13-29-17)20(27)18(11-16-8-5-9-28-16)26-19(22-23-24-26)14-6-3-2-4-7-14/h2-11,13H,12H2,1H3/b18-11-. The molecule has 0 aliphatic carbocycles. The van der Waals surface area contributed by atoms with E-state index in [1.807, 2.05) is 41.8 Å². The Labute approximate surface area is 179 Å². The molecule has 0 bridgehead atoms. The minimum atomic E-state index is -0.226. The van der Waals surface area contributed by atoms with E-state index in [1.165, 1.54) is 4.68 Å². The maximum Gasteiger partial charge on any atom is 0.272 e. The Balaban J connectivity index is 1.72. The van der Waals surface area contributed by atoms with E-state index >= 15 is 0 Å². The van der Waals surface area contributed by atoms with Crippen LogP contribution >= 0.6 is 27.3 Å². The van der Waals surface area contributed by atoms with Gasteiger partial charge in [0.05, 0.1) is 12.8 Å². The number of carbonyl (C=O) groups is 1. The van der Waals surface area contributed by atoms with Crippen molar-refractivity contribution in [2.45, 2.75) is 6.54 Å². The van der Waals surface area contributed by atoms with Crippen LogP contribution in [0.2, 0.25) is 0 Å². The van der Waals surface area contributed by atoms with E-state index in [4.69, 9.17) is 4.42 Å². The Morgan fingerprint density at radius 3 is 2.79 bits per heavy atom. The van der Waals surface area contributed by atoms with E-state index in [0.29, 0.717) is 23.8 Å². The highest BCUT2D eigenvalue weighted by molar-refractivity contribution is 9.10. The molecule has 0 saturated heterocycles. The lowest BCUT2D eigenvalue weighted by Crippen LogP contribution is -2.29. The van der Waals surface area contributed by atoms with Crippen molar-refractivity contribution in [3.05, 3.63) is 75.3 Å². The van der Waals surface area contributed by atoms with Crippen LogP contribution < -0.4 is 0 Å². The lowest BCUT2D eigenvalue weighted by atomic mass is 10.2. The van der Waals surface area contributed by atoms with Crippen LogP contribution in [0, 0.1) is 0 Å². The largest absolute Gasteiger partial charge is 0.465 e. The Hall–Kier alpha value is -3.04. The molecular weight excluding hydrogens is 454 g/mol. The molecule has 4 aromatic rings. The second kappa shape index (κ2) is 8.54. The average molecular weight is 470 g/mol. The van der Waals surface area contributed by atoms with Gasteiger partial charge in [-0.2, -0.15) is 4.68 Å². The Morgan fingerprint density at radius 2 is 2.10 bits per heavy atom. The van der Waals surface area contributed by atoms with Crippen molar-refractivity contribution in [3.63, 3.8) is 0 Å². The number of hydrogen-bond acceptors (Lipinski definition) is 6. The molecule has 1 aromatic carbocycles. The van der Waals surface area contributed by atoms with Crippen molar-refractivity contribution in [2.24, 2.45) is 0 Å². The SMILES string of the molecule is CN(Cc1cc(Br)cs1)C(=O)/C(=C/c1ccco1)n1nnnc1-c1ccccc1. The summed E-state index contributed by atoms with van der Waals surface area (Å²) in [6.07, 6.45) is 3.20. The van der Waals surface area contributed by atoms with Crippen LogP contribution in [0.4, 0.5) is 0 Å². The molecule has 0 fully saturated rings. The number of aromatic nitrogens is 4. The third-order valence-electron chi connectivity index (χ3n) is 4.13. The summed E-state index contributed by atoms with van der Waals surface area (Å²) in [5.41, 5.74) is 1.10. The summed E-state index contributed by atoms with van der Waals surface area (Å²) < 4.78 is 7.87. The van der Waals surface area contributed by atoms with Crippen molar-refractivity contribution in [1.82, 2.24) is 25.1 Å². The third kappa shape index (κ3) is 4.36. The topological polar surface area (TPSA) is 77.0 Å². The Bertz CT molecular complexity index is 1130. The number of tetrazole rings is 1. The van der Waals surface area contributed by atoms with Gasteiger partial charge in [0, 0.05) is 33.4 Å². The first-order chi connectivity index (χ1) is 14.1. The number of carbonyl (C=O) groups excluding carboxylic acids is 1. The first-order valence-corrected chi connectivity index (χ1v) is 10.4. The van der Waals surface area contributed by atoms with E-state index in [2.05, 4.69) is 31.5 Å². The van der Waals surface area contributed by atoms with Crippen molar-refractivity contribution in [2.75, 3.05) is 7.05 Å². The minimum Gasteiger partial charge on any atom is -0.465 e. The van der Waals surface area contributed by atoms with E-state index < -0.39 is 0 Å². The van der Waals surface area contributed by atoms with E-state index in [-0.39, 0.29) is 5.91 Å². The Morgan fingerprint density at radius 1 is 1.28 bits per heavy atom. The summed E-state index contributed by atoms with van der Waals surface area (Å²) in [6, 6.07) is 15.0. The molecule has 3 aromatic heterocycles. The number of rotatable bonds is 6. The number of halogens is 1. The molecule has 1 amide bonds. The highest BCUT2D eigenvalue weighted by Gasteiger charge is 2.23. The van der Waals surface area contributed by atoms with Crippen molar-refractivity contribution >= 4 is 44.9 Å². The van der Waals surface area contributed by atoms with Crippen LogP contribution in [-0.4, -0.2) is 38.1 Å². The van der Waals surface area contributed by atoms with Gasteiger partial charge in [-0.05, 0) is 44.6 Å². The monoisotopic (exact) mass is 469 g/mol. The van der Waals surface area contributed by atoms with Crippen LogP contribution in [0.1, 0.15) is 10.6 Å². The number of furan rings is 1. The average Bonchev–Trinajstić information content (AvgIpc) is 3.48. The molecule has 0 aliphatic heterocycles. The zero-order chi connectivity index (χ0) is 20.2. The molecule has 146 valence electrons. The van der Waals surface area contributed by atoms with Crippen LogP contribution in [0.3, 0.4) is 0 Å². The fourth-order valence-electron chi connectivity index (χ4n) is 2.78. The zero-order valence-corrected chi connectivity index (χ0v) is 17.8. The summed E-state index contributed by atoms with van der Waals surface area (Å²) in [6.45, 7) is 0.466. The van der Waals surface area contributed by atoms with Crippen LogP contribution in [0.5, 0.6) is 0 Å². The van der Waals surface area contributed by atoms with Gasteiger partial charge >= 0.3 is 0 Å². The third-order valence-corrected chi connectivity index (χ3v) is 5.81. The Kier molecular flexibility index (Phi) is 5.68. The molecule has 0 unspecified atom stereocenters. The van der Waals surface area contributed by atoms with Gasteiger partial charge in [-0.1, -0.05) is 30.3 Å². The van der Waals surface area contributed by atoms with Crippen LogP contribution in [0.25, 0.3) is 23.2 Å². The number of hydrogen-bond donors (Lipinski definition) is 0. The molecule has 0 atom stereocenters. The van der Waals surface area contributed by atoms with Crippen molar-refractivity contribution in [3.8, 4) is 11.4 Å². The number of thiophene rings is 1. The van der Waals surface area contributed by atoms with Gasteiger partial charge in [0.2, 0.25) is 0 Å². The molecule has 7 nitrogen and oxygen atoms in total. The van der Waals surface area contributed by atoms with Gasteiger partial charge in [-0.15, -0.1) is 16.4 Å². The fourth-order valence-corrected chi connectivity index (χ4v) is 4.28. The highest BCUT2D eigenvalue weighted by Crippen LogP contribution is 2.24. The van der Waals surface area contributed by atoms with Gasteiger partial charge in [0.15, 0.2) is 5.82 Å². The maximum atomic E-state index is 13.4. The second-order valence-electron chi connectivity index (χ2n) is 6.22. The molecule has 0 saturated carbocycles. The molecule has 0 N–H and O–H groups in total. The summed E-state index contributed by atoms with van der Waals surface area (Å²) in [5, 5.41) is 14.0. The minimum absolute atomic E-state index is 0.226. The van der Waals surface area contributed by atoms with Crippen LogP contribution in [-0.2, 0) is 11.3 Å². The van der Waals surface area contributed by atoms with E-state index in [1.54, 1.807) is 47.8 Å². The maximum absolute atomic E-state index is 13.4. The number of nitrogens with zero attached hydrogens (tertiary/aromatic N) is 5. The quantitative estimate of drug-likeness (QED) is 0.390. The molecule has 0 aliphatic rings. The first-order valence-electron chi connectivity index (χ1n) is 8.69. The van der Waals surface area contributed by atoms with Crippen LogP contribution in [0.15, 0.2) is 69.1 Å². The number of benzene rings is 1.